The lowest BCUT2D eigenvalue weighted by Crippen LogP contribution is -2.22. The van der Waals surface area contributed by atoms with Crippen LogP contribution in [0.5, 0.6) is 11.5 Å². The van der Waals surface area contributed by atoms with Crippen LogP contribution in [0, 0.1) is 16.7 Å². The molecule has 0 saturated carbocycles. The predicted octanol–water partition coefficient (Wildman–Crippen LogP) is 2.71. The first-order valence-corrected chi connectivity index (χ1v) is 5.65. The van der Waals surface area contributed by atoms with Gasteiger partial charge in [0.15, 0.2) is 17.3 Å². The summed E-state index contributed by atoms with van der Waals surface area (Å²) in [6.45, 7) is 0. The van der Waals surface area contributed by atoms with E-state index in [4.69, 9.17) is 16.4 Å². The van der Waals surface area contributed by atoms with Gasteiger partial charge < -0.3 is 15.2 Å². The minimum Gasteiger partial charge on any atom is -0.402 e. The van der Waals surface area contributed by atoms with Gasteiger partial charge in [0.2, 0.25) is 5.71 Å². The van der Waals surface area contributed by atoms with Gasteiger partial charge in [0.05, 0.1) is 5.69 Å². The van der Waals surface area contributed by atoms with Gasteiger partial charge in [-0.1, -0.05) is 0 Å². The molecule has 1 aromatic carbocycles. The number of benzene rings is 1. The Balaban J connectivity index is 3.16. The molecule has 1 rings (SSSR count). The van der Waals surface area contributed by atoms with Crippen molar-refractivity contribution in [3.05, 3.63) is 18.2 Å². The summed E-state index contributed by atoms with van der Waals surface area (Å²) in [5.41, 5.74) is 6.17. The first kappa shape index (κ1) is 18.9. The number of nitrogens with one attached hydrogen (secondary N) is 2. The molecular weight excluding hydrogens is 348 g/mol. The second-order valence-corrected chi connectivity index (χ2v) is 3.85. The molecular formula is C11H7F6N5O2. The van der Waals surface area contributed by atoms with Gasteiger partial charge >= 0.3 is 12.7 Å². The lowest BCUT2D eigenvalue weighted by Gasteiger charge is -2.16. The number of hydrazone groups is 1. The molecule has 0 aliphatic heterocycles. The summed E-state index contributed by atoms with van der Waals surface area (Å²) in [5.74, 6) is -3.25. The monoisotopic (exact) mass is 355 g/mol. The molecule has 0 bridgehead atoms. The number of hydrogen-bond donors (Lipinski definition) is 3. The number of nitrogens with zero attached hydrogens (tertiary/aromatic N) is 2. The third kappa shape index (κ3) is 6.30. The van der Waals surface area contributed by atoms with Crippen LogP contribution in [0.15, 0.2) is 23.3 Å². The smallest absolute Gasteiger partial charge is 0.402 e. The molecule has 0 fully saturated rings. The van der Waals surface area contributed by atoms with Crippen molar-refractivity contribution in [1.82, 2.24) is 0 Å². The highest BCUT2D eigenvalue weighted by atomic mass is 19.4. The molecule has 0 saturated heterocycles. The van der Waals surface area contributed by atoms with Gasteiger partial charge in [-0.2, -0.15) is 10.4 Å². The van der Waals surface area contributed by atoms with Gasteiger partial charge in [0.1, 0.15) is 6.07 Å². The van der Waals surface area contributed by atoms with Crippen LogP contribution < -0.4 is 20.6 Å². The van der Waals surface area contributed by atoms with Crippen molar-refractivity contribution in [2.24, 2.45) is 10.8 Å². The normalized spacial score (nSPS) is 12.3. The van der Waals surface area contributed by atoms with Crippen LogP contribution in [0.2, 0.25) is 0 Å². The van der Waals surface area contributed by atoms with Crippen LogP contribution in [0.1, 0.15) is 0 Å². The first-order valence-electron chi connectivity index (χ1n) is 5.65. The highest BCUT2D eigenvalue weighted by molar-refractivity contribution is 6.45. The van der Waals surface area contributed by atoms with Gasteiger partial charge in [0, 0.05) is 6.07 Å². The van der Waals surface area contributed by atoms with Crippen molar-refractivity contribution < 1.29 is 35.8 Å². The van der Waals surface area contributed by atoms with Crippen molar-refractivity contribution in [2.75, 3.05) is 5.43 Å². The second-order valence-electron chi connectivity index (χ2n) is 3.85. The summed E-state index contributed by atoms with van der Waals surface area (Å²) in [6, 6.07) is 3.35. The quantitative estimate of drug-likeness (QED) is 0.325. The van der Waals surface area contributed by atoms with E-state index in [1.54, 1.807) is 0 Å². The summed E-state index contributed by atoms with van der Waals surface area (Å²) >= 11 is 0. The SMILES string of the molecule is N#C/C(=N\Nc1ccc(OC(F)(F)F)c(OC(F)(F)F)c1)C(=N)N. The fourth-order valence-electron chi connectivity index (χ4n) is 1.26. The minimum atomic E-state index is -5.28. The predicted molar refractivity (Wildman–Crippen MR) is 68.4 cm³/mol. The summed E-state index contributed by atoms with van der Waals surface area (Å²) in [7, 11) is 0. The number of hydrogen-bond acceptors (Lipinski definition) is 6. The van der Waals surface area contributed by atoms with E-state index in [2.05, 4.69) is 20.0 Å². The molecule has 0 radical (unpaired) electrons. The summed E-state index contributed by atoms with van der Waals surface area (Å²) in [6.07, 6.45) is -10.5. The first-order chi connectivity index (χ1) is 10.9. The van der Waals surface area contributed by atoms with Crippen LogP contribution in [0.25, 0.3) is 0 Å². The second kappa shape index (κ2) is 6.94. The van der Waals surface area contributed by atoms with E-state index in [0.717, 1.165) is 6.07 Å². The summed E-state index contributed by atoms with van der Waals surface area (Å²) in [5, 5.41) is 18.9. The number of anilines is 1. The van der Waals surface area contributed by atoms with Crippen LogP contribution in [-0.4, -0.2) is 24.3 Å². The summed E-state index contributed by atoms with van der Waals surface area (Å²) < 4.78 is 80.2. The number of halogens is 6. The van der Waals surface area contributed by atoms with E-state index in [1.165, 1.54) is 6.07 Å². The molecule has 7 nitrogen and oxygen atoms in total. The van der Waals surface area contributed by atoms with Crippen molar-refractivity contribution in [1.29, 1.82) is 10.7 Å². The van der Waals surface area contributed by atoms with Crippen LogP contribution in [-0.2, 0) is 0 Å². The van der Waals surface area contributed by atoms with E-state index < -0.39 is 35.8 Å². The molecule has 0 unspecified atom stereocenters. The van der Waals surface area contributed by atoms with Crippen LogP contribution >= 0.6 is 0 Å². The van der Waals surface area contributed by atoms with Gasteiger partial charge in [-0.15, -0.1) is 26.3 Å². The lowest BCUT2D eigenvalue weighted by molar-refractivity contribution is -0.287. The molecule has 0 amide bonds. The van der Waals surface area contributed by atoms with Gasteiger partial charge in [0.25, 0.3) is 0 Å². The van der Waals surface area contributed by atoms with E-state index in [-0.39, 0.29) is 5.69 Å². The fourth-order valence-corrected chi connectivity index (χ4v) is 1.26. The van der Waals surface area contributed by atoms with E-state index in [9.17, 15) is 26.3 Å². The Morgan fingerprint density at radius 2 is 1.67 bits per heavy atom. The number of nitrogens with two attached hydrogens (primary N) is 1. The maximum atomic E-state index is 12.3. The summed E-state index contributed by atoms with van der Waals surface area (Å²) in [4.78, 5) is 0. The van der Waals surface area contributed by atoms with Gasteiger partial charge in [-0.25, -0.2) is 0 Å². The molecule has 13 heteroatoms. The fraction of sp³-hybridized carbons (Fsp3) is 0.182. The Kier molecular flexibility index (Phi) is 5.46. The van der Waals surface area contributed by atoms with E-state index in [0.29, 0.717) is 12.1 Å². The molecule has 4 N–H and O–H groups in total. The minimum absolute atomic E-state index is 0.280. The molecule has 0 aliphatic rings. The molecule has 130 valence electrons. The maximum absolute atomic E-state index is 12.3. The lowest BCUT2D eigenvalue weighted by atomic mass is 10.3. The zero-order valence-corrected chi connectivity index (χ0v) is 11.3. The third-order valence-electron chi connectivity index (χ3n) is 2.05. The maximum Gasteiger partial charge on any atom is 0.573 e. The zero-order valence-electron chi connectivity index (χ0n) is 11.3. The van der Waals surface area contributed by atoms with E-state index in [1.807, 2.05) is 0 Å². The molecule has 24 heavy (non-hydrogen) atoms. The van der Waals surface area contributed by atoms with Crippen molar-refractivity contribution in [3.63, 3.8) is 0 Å². The number of nitriles is 1. The molecule has 0 heterocycles. The number of amidine groups is 1. The Morgan fingerprint density at radius 1 is 1.12 bits per heavy atom. The third-order valence-corrected chi connectivity index (χ3v) is 2.05. The van der Waals surface area contributed by atoms with Crippen molar-refractivity contribution >= 4 is 17.2 Å². The number of rotatable bonds is 5. The standard InChI is InChI=1S/C11H7F6N5O2/c12-10(13,14)23-7-2-1-5(3-8(7)24-11(15,16)17)21-22-6(4-18)9(19)20/h1-3,21H,(H3,19,20)/b22-6+. The molecule has 0 spiro atoms. The molecule has 0 atom stereocenters. The largest absolute Gasteiger partial charge is 0.573 e. The highest BCUT2D eigenvalue weighted by Gasteiger charge is 2.36. The van der Waals surface area contributed by atoms with Crippen LogP contribution in [0.3, 0.4) is 0 Å². The number of ether oxygens (including phenoxy) is 2. The highest BCUT2D eigenvalue weighted by Crippen LogP contribution is 2.37. The molecule has 1 aromatic rings. The average Bonchev–Trinajstić information content (AvgIpc) is 2.38. The molecule has 0 aromatic heterocycles. The average molecular weight is 355 g/mol. The zero-order chi connectivity index (χ0) is 18.5. The van der Waals surface area contributed by atoms with Crippen LogP contribution in [0.4, 0.5) is 32.0 Å². The van der Waals surface area contributed by atoms with Crippen molar-refractivity contribution in [2.45, 2.75) is 12.7 Å². The van der Waals surface area contributed by atoms with E-state index >= 15 is 0 Å². The Morgan fingerprint density at radius 3 is 2.12 bits per heavy atom. The number of alkyl halides is 6. The Hall–Kier alpha value is -3.17. The Labute approximate surface area is 129 Å². The van der Waals surface area contributed by atoms with Crippen molar-refractivity contribution in [3.8, 4) is 17.6 Å². The Bertz CT molecular complexity index is 692. The topological polar surface area (TPSA) is 117 Å². The van der Waals surface area contributed by atoms with Gasteiger partial charge in [-0.3, -0.25) is 10.8 Å². The van der Waals surface area contributed by atoms with Gasteiger partial charge in [-0.05, 0) is 12.1 Å². The molecule has 0 aliphatic carbocycles.